The lowest BCUT2D eigenvalue weighted by molar-refractivity contribution is 0.238. The summed E-state index contributed by atoms with van der Waals surface area (Å²) in [7, 11) is 0. The van der Waals surface area contributed by atoms with E-state index in [1.165, 1.54) is 19.3 Å². The monoisotopic (exact) mass is 252 g/mol. The highest BCUT2D eigenvalue weighted by molar-refractivity contribution is 6.33. The van der Waals surface area contributed by atoms with Crippen LogP contribution in [0.2, 0.25) is 5.02 Å². The third kappa shape index (κ3) is 2.68. The van der Waals surface area contributed by atoms with Crippen LogP contribution in [0.15, 0.2) is 18.2 Å². The molecule has 1 fully saturated rings. The summed E-state index contributed by atoms with van der Waals surface area (Å²) in [4.78, 5) is 2.37. The summed E-state index contributed by atoms with van der Waals surface area (Å²) < 4.78 is 0. The Morgan fingerprint density at radius 3 is 2.53 bits per heavy atom. The zero-order chi connectivity index (χ0) is 12.5. The van der Waals surface area contributed by atoms with Crippen molar-refractivity contribution in [1.82, 2.24) is 0 Å². The fourth-order valence-electron chi connectivity index (χ4n) is 2.42. The number of nitrogens with zero attached hydrogens (tertiary/aromatic N) is 1. The van der Waals surface area contributed by atoms with Crippen molar-refractivity contribution < 1.29 is 0 Å². The molecule has 2 rings (SSSR count). The zero-order valence-corrected chi connectivity index (χ0v) is 11.4. The number of hydrogen-bond acceptors (Lipinski definition) is 2. The number of hydrogen-bond donors (Lipinski definition) is 1. The van der Waals surface area contributed by atoms with Gasteiger partial charge in [-0.15, -0.1) is 0 Å². The van der Waals surface area contributed by atoms with Gasteiger partial charge < -0.3 is 10.6 Å². The molecule has 0 atom stereocenters. The fourth-order valence-corrected chi connectivity index (χ4v) is 2.73. The molecule has 0 unspecified atom stereocenters. The maximum absolute atomic E-state index is 6.25. The second-order valence-corrected chi connectivity index (χ2v) is 5.77. The van der Waals surface area contributed by atoms with Gasteiger partial charge in [0, 0.05) is 18.8 Å². The van der Waals surface area contributed by atoms with Gasteiger partial charge >= 0.3 is 0 Å². The van der Waals surface area contributed by atoms with Gasteiger partial charge in [0.2, 0.25) is 0 Å². The van der Waals surface area contributed by atoms with Gasteiger partial charge in [0.1, 0.15) is 0 Å². The second kappa shape index (κ2) is 4.77. The highest BCUT2D eigenvalue weighted by Crippen LogP contribution is 2.37. The van der Waals surface area contributed by atoms with Gasteiger partial charge in [-0.2, -0.15) is 0 Å². The highest BCUT2D eigenvalue weighted by Gasteiger charge is 2.28. The maximum atomic E-state index is 6.25. The predicted octanol–water partition coefficient (Wildman–Crippen LogP) is 3.94. The lowest BCUT2D eigenvalue weighted by Crippen LogP contribution is -2.38. The largest absolute Gasteiger partial charge is 0.399 e. The van der Waals surface area contributed by atoms with Crippen LogP contribution in [0.1, 0.15) is 33.1 Å². The van der Waals surface area contributed by atoms with Crippen LogP contribution < -0.4 is 10.6 Å². The van der Waals surface area contributed by atoms with Gasteiger partial charge in [-0.1, -0.05) is 31.9 Å². The molecule has 1 aromatic rings. The molecular formula is C14H21ClN2. The van der Waals surface area contributed by atoms with Crippen molar-refractivity contribution in [3.05, 3.63) is 23.2 Å². The van der Waals surface area contributed by atoms with Gasteiger partial charge in [0.25, 0.3) is 0 Å². The number of benzene rings is 1. The minimum Gasteiger partial charge on any atom is -0.399 e. The van der Waals surface area contributed by atoms with Crippen LogP contribution in [0, 0.1) is 5.41 Å². The zero-order valence-electron chi connectivity index (χ0n) is 10.7. The van der Waals surface area contributed by atoms with E-state index in [-0.39, 0.29) is 0 Å². The molecule has 0 amide bonds. The first-order valence-electron chi connectivity index (χ1n) is 6.34. The summed E-state index contributed by atoms with van der Waals surface area (Å²) in [5, 5.41) is 0.769. The molecule has 2 nitrogen and oxygen atoms in total. The van der Waals surface area contributed by atoms with Crippen molar-refractivity contribution in [2.24, 2.45) is 5.41 Å². The first-order valence-corrected chi connectivity index (χ1v) is 6.72. The molecule has 1 aliphatic rings. The number of anilines is 2. The third-order valence-corrected chi connectivity index (χ3v) is 4.44. The van der Waals surface area contributed by atoms with Crippen LogP contribution in [0.4, 0.5) is 11.4 Å². The van der Waals surface area contributed by atoms with Gasteiger partial charge in [0.05, 0.1) is 10.7 Å². The van der Waals surface area contributed by atoms with Crippen molar-refractivity contribution in [2.45, 2.75) is 33.1 Å². The minimum atomic E-state index is 0.511. The quantitative estimate of drug-likeness (QED) is 0.808. The predicted molar refractivity (Wildman–Crippen MR) is 75.7 cm³/mol. The molecule has 3 heteroatoms. The minimum absolute atomic E-state index is 0.511. The van der Waals surface area contributed by atoms with E-state index in [1.807, 2.05) is 18.2 Å². The Labute approximate surface area is 109 Å². The second-order valence-electron chi connectivity index (χ2n) is 5.36. The molecule has 0 saturated carbocycles. The summed E-state index contributed by atoms with van der Waals surface area (Å²) in [6, 6.07) is 5.80. The van der Waals surface area contributed by atoms with E-state index in [2.05, 4.69) is 18.7 Å². The molecule has 0 aliphatic carbocycles. The fraction of sp³-hybridized carbons (Fsp3) is 0.571. The Morgan fingerprint density at radius 1 is 1.35 bits per heavy atom. The average Bonchev–Trinajstić information content (AvgIpc) is 2.31. The van der Waals surface area contributed by atoms with E-state index in [9.17, 15) is 0 Å². The van der Waals surface area contributed by atoms with E-state index in [1.54, 1.807) is 0 Å². The number of rotatable bonds is 2. The Hall–Kier alpha value is -0.890. The van der Waals surface area contributed by atoms with Crippen LogP contribution in [0.3, 0.4) is 0 Å². The molecule has 1 aromatic carbocycles. The average molecular weight is 253 g/mol. The number of nitrogen functional groups attached to an aromatic ring is 1. The normalized spacial score (nSPS) is 19.4. The number of piperidine rings is 1. The van der Waals surface area contributed by atoms with Crippen molar-refractivity contribution in [3.63, 3.8) is 0 Å². The summed E-state index contributed by atoms with van der Waals surface area (Å²) in [5.41, 5.74) is 8.08. The van der Waals surface area contributed by atoms with Gasteiger partial charge in [-0.05, 0) is 36.5 Å². The Morgan fingerprint density at radius 2 is 2.00 bits per heavy atom. The summed E-state index contributed by atoms with van der Waals surface area (Å²) in [5.74, 6) is 0. The van der Waals surface area contributed by atoms with Gasteiger partial charge in [-0.3, -0.25) is 0 Å². The molecule has 0 bridgehead atoms. The number of nitrogens with two attached hydrogens (primary N) is 1. The molecule has 2 N–H and O–H groups in total. The molecule has 1 aliphatic heterocycles. The van der Waals surface area contributed by atoms with Crippen LogP contribution in [0.5, 0.6) is 0 Å². The van der Waals surface area contributed by atoms with Crippen LogP contribution in [-0.4, -0.2) is 13.1 Å². The summed E-state index contributed by atoms with van der Waals surface area (Å²) in [6.07, 6.45) is 3.74. The molecule has 0 aromatic heterocycles. The first-order chi connectivity index (χ1) is 8.04. The topological polar surface area (TPSA) is 29.3 Å². The summed E-state index contributed by atoms with van der Waals surface area (Å²) in [6.45, 7) is 6.85. The smallest absolute Gasteiger partial charge is 0.0660 e. The molecule has 1 heterocycles. The SMILES string of the molecule is CCC1(C)CCN(c2ccc(N)cc2Cl)CC1. The standard InChI is InChI=1S/C14H21ClN2/c1-3-14(2)6-8-17(9-7-14)13-5-4-11(16)10-12(13)15/h4-5,10H,3,6-9,16H2,1-2H3. The van der Waals surface area contributed by atoms with E-state index < -0.39 is 0 Å². The molecule has 0 spiro atoms. The molecule has 0 radical (unpaired) electrons. The van der Waals surface area contributed by atoms with E-state index >= 15 is 0 Å². The van der Waals surface area contributed by atoms with Crippen molar-refractivity contribution in [1.29, 1.82) is 0 Å². The van der Waals surface area contributed by atoms with Crippen molar-refractivity contribution in [3.8, 4) is 0 Å². The molecule has 94 valence electrons. The van der Waals surface area contributed by atoms with Crippen LogP contribution in [-0.2, 0) is 0 Å². The maximum Gasteiger partial charge on any atom is 0.0660 e. The van der Waals surface area contributed by atoms with Crippen molar-refractivity contribution in [2.75, 3.05) is 23.7 Å². The highest BCUT2D eigenvalue weighted by atomic mass is 35.5. The Kier molecular flexibility index (Phi) is 3.53. The Bertz CT molecular complexity index is 395. The molecular weight excluding hydrogens is 232 g/mol. The lowest BCUT2D eigenvalue weighted by Gasteiger charge is -2.40. The first kappa shape index (κ1) is 12.6. The van der Waals surface area contributed by atoms with Crippen LogP contribution >= 0.6 is 11.6 Å². The lowest BCUT2D eigenvalue weighted by atomic mass is 9.78. The van der Waals surface area contributed by atoms with Crippen LogP contribution in [0.25, 0.3) is 0 Å². The molecule has 17 heavy (non-hydrogen) atoms. The van der Waals surface area contributed by atoms with Gasteiger partial charge in [0.15, 0.2) is 0 Å². The Balaban J connectivity index is 2.10. The number of halogens is 1. The van der Waals surface area contributed by atoms with E-state index in [4.69, 9.17) is 17.3 Å². The summed E-state index contributed by atoms with van der Waals surface area (Å²) >= 11 is 6.25. The van der Waals surface area contributed by atoms with E-state index in [0.29, 0.717) is 5.41 Å². The molecule has 1 saturated heterocycles. The third-order valence-electron chi connectivity index (χ3n) is 4.14. The van der Waals surface area contributed by atoms with Gasteiger partial charge in [-0.25, -0.2) is 0 Å². The van der Waals surface area contributed by atoms with Crippen molar-refractivity contribution >= 4 is 23.0 Å². The van der Waals surface area contributed by atoms with E-state index in [0.717, 1.165) is 29.5 Å².